The molecular weight excluding hydrogens is 562 g/mol. The maximum atomic E-state index is 13.9. The normalized spacial score (nSPS) is 13.3. The number of carbonyl (C=O) groups is 2. The molecule has 0 atom stereocenters. The van der Waals surface area contributed by atoms with Gasteiger partial charge in [-0.2, -0.15) is 10.2 Å². The van der Waals surface area contributed by atoms with Gasteiger partial charge in [0.1, 0.15) is 28.6 Å². The summed E-state index contributed by atoms with van der Waals surface area (Å²) in [6, 6.07) is 7.76. The Bertz CT molecular complexity index is 1740. The zero-order chi connectivity index (χ0) is 31.0. The third-order valence-electron chi connectivity index (χ3n) is 5.95. The lowest BCUT2D eigenvalue weighted by Crippen LogP contribution is -2.45. The van der Waals surface area contributed by atoms with E-state index in [1.54, 1.807) is 60.1 Å². The predicted octanol–water partition coefficient (Wildman–Crippen LogP) is 6.78. The Labute approximate surface area is 249 Å². The van der Waals surface area contributed by atoms with Crippen LogP contribution in [-0.2, 0) is 9.47 Å². The summed E-state index contributed by atoms with van der Waals surface area (Å²) in [5.41, 5.74) is 0.178. The fourth-order valence-corrected chi connectivity index (χ4v) is 5.51. The maximum absolute atomic E-state index is 13.9. The molecule has 41 heavy (non-hydrogen) atoms. The molecule has 0 radical (unpaired) electrons. The Morgan fingerprint density at radius 1 is 1.05 bits per heavy atom. The van der Waals surface area contributed by atoms with E-state index in [2.05, 4.69) is 12.6 Å². The fourth-order valence-electron chi connectivity index (χ4n) is 4.43. The SMILES string of the molecule is C=c1ccs/c1=c1/c(=C(\C)Cl)c(C#N)c(N(C(=O)OC(C)(C)C)C(=O)OC(C)(C)C)n1-c1c(C)ccc(OC)c1C. The van der Waals surface area contributed by atoms with E-state index in [0.29, 0.717) is 37.3 Å². The van der Waals surface area contributed by atoms with Gasteiger partial charge in [-0.3, -0.25) is 4.57 Å². The van der Waals surface area contributed by atoms with Gasteiger partial charge < -0.3 is 14.2 Å². The zero-order valence-corrected chi connectivity index (χ0v) is 26.8. The summed E-state index contributed by atoms with van der Waals surface area (Å²) in [4.78, 5) is 28.5. The first-order chi connectivity index (χ1) is 18.9. The van der Waals surface area contributed by atoms with Crippen molar-refractivity contribution in [2.75, 3.05) is 12.0 Å². The molecule has 0 bridgehead atoms. The van der Waals surface area contributed by atoms with Crippen molar-refractivity contribution >= 4 is 52.6 Å². The van der Waals surface area contributed by atoms with Gasteiger partial charge in [0.15, 0.2) is 5.82 Å². The number of nitriles is 1. The lowest BCUT2D eigenvalue weighted by molar-refractivity contribution is 0.0428. The molecule has 0 aliphatic heterocycles. The number of imide groups is 1. The molecule has 2 aromatic heterocycles. The largest absolute Gasteiger partial charge is 0.496 e. The smallest absolute Gasteiger partial charge is 0.425 e. The number of thiophene rings is 1. The van der Waals surface area contributed by atoms with Crippen LogP contribution in [0, 0.1) is 35.1 Å². The molecule has 3 rings (SSSR count). The predicted molar refractivity (Wildman–Crippen MR) is 163 cm³/mol. The standard InChI is InChI=1S/C31H36ClN3O5S/c1-17-12-13-22(38-11)19(3)24(17)34-25(26-18(2)14-15-41-26)23(20(4)32)21(16-33)27(34)35(28(36)39-30(5,6)7)29(37)40-31(8,9)10/h12-15H,2H2,1,3-11H3/b23-20+,26-25-. The van der Waals surface area contributed by atoms with Gasteiger partial charge in [0.2, 0.25) is 0 Å². The Morgan fingerprint density at radius 2 is 1.61 bits per heavy atom. The fraction of sp³-hybridized carbons (Fsp3) is 0.387. The van der Waals surface area contributed by atoms with E-state index < -0.39 is 23.4 Å². The van der Waals surface area contributed by atoms with Crippen molar-refractivity contribution in [3.8, 4) is 17.5 Å². The van der Waals surface area contributed by atoms with Crippen LogP contribution >= 0.6 is 22.9 Å². The number of aromatic nitrogens is 1. The quantitative estimate of drug-likeness (QED) is 0.330. The minimum Gasteiger partial charge on any atom is -0.496 e. The van der Waals surface area contributed by atoms with E-state index in [0.717, 1.165) is 10.5 Å². The molecule has 3 aromatic rings. The van der Waals surface area contributed by atoms with Gasteiger partial charge >= 0.3 is 12.2 Å². The van der Waals surface area contributed by atoms with Gasteiger partial charge in [-0.1, -0.05) is 24.2 Å². The van der Waals surface area contributed by atoms with E-state index in [-0.39, 0.29) is 16.4 Å². The van der Waals surface area contributed by atoms with Crippen LogP contribution in [-0.4, -0.2) is 35.1 Å². The van der Waals surface area contributed by atoms with Gasteiger partial charge in [-0.05, 0) is 90.6 Å². The van der Waals surface area contributed by atoms with Crippen LogP contribution in [0.5, 0.6) is 5.75 Å². The third kappa shape index (κ3) is 6.45. The van der Waals surface area contributed by atoms with Gasteiger partial charge in [0.05, 0.1) is 22.7 Å². The molecular formula is C31H36ClN3O5S. The summed E-state index contributed by atoms with van der Waals surface area (Å²) < 4.78 is 19.4. The molecule has 1 aromatic carbocycles. The number of anilines is 1. The zero-order valence-electron chi connectivity index (χ0n) is 25.2. The number of carbonyl (C=O) groups excluding carboxylic acids is 2. The molecule has 0 aliphatic rings. The Hall–Kier alpha value is -3.74. The summed E-state index contributed by atoms with van der Waals surface area (Å²) >= 11 is 8.11. The van der Waals surface area contributed by atoms with Crippen LogP contribution in [0.2, 0.25) is 0 Å². The van der Waals surface area contributed by atoms with Crippen molar-refractivity contribution in [3.05, 3.63) is 60.6 Å². The summed E-state index contributed by atoms with van der Waals surface area (Å²) in [7, 11) is 1.56. The minimum absolute atomic E-state index is 0.00126. The van der Waals surface area contributed by atoms with Crippen LogP contribution in [0.4, 0.5) is 15.4 Å². The highest BCUT2D eigenvalue weighted by atomic mass is 35.5. The van der Waals surface area contributed by atoms with Crippen LogP contribution in [0.15, 0.2) is 23.6 Å². The number of amides is 2. The summed E-state index contributed by atoms with van der Waals surface area (Å²) in [5, 5.41) is 14.3. The molecule has 0 saturated heterocycles. The number of benzene rings is 1. The van der Waals surface area contributed by atoms with E-state index in [9.17, 15) is 14.9 Å². The summed E-state index contributed by atoms with van der Waals surface area (Å²) in [6.07, 6.45) is -2.02. The average molecular weight is 598 g/mol. The van der Waals surface area contributed by atoms with E-state index in [1.807, 2.05) is 37.4 Å². The lowest BCUT2D eigenvalue weighted by Gasteiger charge is -2.30. The molecule has 0 spiro atoms. The van der Waals surface area contributed by atoms with E-state index in [4.69, 9.17) is 25.8 Å². The van der Waals surface area contributed by atoms with Gasteiger partial charge in [0.25, 0.3) is 0 Å². The van der Waals surface area contributed by atoms with Gasteiger partial charge in [-0.15, -0.1) is 11.3 Å². The first-order valence-electron chi connectivity index (χ1n) is 12.9. The third-order valence-corrected chi connectivity index (χ3v) is 7.11. The number of methoxy groups -OCH3 is 1. The first-order valence-corrected chi connectivity index (χ1v) is 14.2. The highest BCUT2D eigenvalue weighted by molar-refractivity contribution is 7.08. The molecule has 0 fully saturated rings. The summed E-state index contributed by atoms with van der Waals surface area (Å²) in [5.74, 6) is 0.512. The van der Waals surface area contributed by atoms with E-state index >= 15 is 0 Å². The first kappa shape index (κ1) is 31.8. The minimum atomic E-state index is -1.01. The van der Waals surface area contributed by atoms with Crippen molar-refractivity contribution in [2.45, 2.75) is 73.5 Å². The average Bonchev–Trinajstić information content (AvgIpc) is 3.38. The number of hydrogen-bond donors (Lipinski definition) is 0. The number of aryl methyl sites for hydroxylation is 1. The molecule has 2 heterocycles. The Kier molecular flexibility index (Phi) is 9.02. The summed E-state index contributed by atoms with van der Waals surface area (Å²) in [6.45, 7) is 19.7. The highest BCUT2D eigenvalue weighted by Crippen LogP contribution is 2.35. The van der Waals surface area contributed by atoms with Crippen LogP contribution in [0.3, 0.4) is 0 Å². The van der Waals surface area contributed by atoms with Crippen LogP contribution in [0.25, 0.3) is 17.3 Å². The highest BCUT2D eigenvalue weighted by Gasteiger charge is 2.38. The molecule has 218 valence electrons. The monoisotopic (exact) mass is 597 g/mol. The van der Waals surface area contributed by atoms with Gasteiger partial charge in [-0.25, -0.2) is 9.59 Å². The van der Waals surface area contributed by atoms with Crippen molar-refractivity contribution in [2.24, 2.45) is 0 Å². The van der Waals surface area contributed by atoms with Crippen molar-refractivity contribution in [1.82, 2.24) is 4.57 Å². The second-order valence-corrected chi connectivity index (χ2v) is 13.0. The molecule has 0 saturated carbocycles. The van der Waals surface area contributed by atoms with Crippen molar-refractivity contribution in [3.63, 3.8) is 0 Å². The molecule has 0 aliphatic carbocycles. The van der Waals surface area contributed by atoms with E-state index in [1.165, 1.54) is 11.3 Å². The second-order valence-electron chi connectivity index (χ2n) is 11.5. The number of rotatable bonds is 3. The molecule has 8 nitrogen and oxygen atoms in total. The Balaban J connectivity index is 2.79. The Morgan fingerprint density at radius 3 is 2.02 bits per heavy atom. The molecule has 2 amide bonds. The van der Waals surface area contributed by atoms with Crippen LogP contribution in [0.1, 0.15) is 65.2 Å². The lowest BCUT2D eigenvalue weighted by atomic mass is 10.1. The second kappa shape index (κ2) is 11.6. The van der Waals surface area contributed by atoms with Crippen LogP contribution < -0.4 is 20.1 Å². The molecule has 0 N–H and O–H groups in total. The van der Waals surface area contributed by atoms with Crippen molar-refractivity contribution < 1.29 is 23.8 Å². The number of halogens is 1. The number of nitrogens with zero attached hydrogens (tertiary/aromatic N) is 3. The molecule has 0 unspecified atom stereocenters. The van der Waals surface area contributed by atoms with Crippen molar-refractivity contribution in [1.29, 1.82) is 5.26 Å². The topological polar surface area (TPSA) is 93.8 Å². The maximum Gasteiger partial charge on any atom is 0.425 e. The van der Waals surface area contributed by atoms with Gasteiger partial charge in [0, 0.05) is 15.8 Å². The number of hydrogen-bond acceptors (Lipinski definition) is 7. The molecule has 10 heteroatoms. The number of ether oxygens (including phenoxy) is 3.